The van der Waals surface area contributed by atoms with Gasteiger partial charge in [0.1, 0.15) is 5.75 Å². The zero-order valence-corrected chi connectivity index (χ0v) is 22.3. The maximum Gasteiger partial charge on any atom is 0.238 e. The molecule has 4 atom stereocenters. The van der Waals surface area contributed by atoms with Crippen LogP contribution in [0.1, 0.15) is 31.2 Å². The van der Waals surface area contributed by atoms with Crippen molar-refractivity contribution in [2.75, 3.05) is 4.90 Å². The molecule has 7 heteroatoms. The molecule has 3 aromatic rings. The molecule has 0 bridgehead atoms. The Labute approximate surface area is 235 Å². The highest BCUT2D eigenvalue weighted by Gasteiger charge is 2.57. The molecule has 2 amide bonds. The summed E-state index contributed by atoms with van der Waals surface area (Å²) in [5, 5.41) is 13.4. The molecule has 0 unspecified atom stereocenters. The lowest BCUT2D eigenvalue weighted by molar-refractivity contribution is -0.123. The first kappa shape index (κ1) is 24.7. The summed E-state index contributed by atoms with van der Waals surface area (Å²) in [6.07, 6.45) is 3.84. The van der Waals surface area contributed by atoms with Crippen molar-refractivity contribution in [2.45, 2.75) is 25.7 Å². The predicted molar refractivity (Wildman–Crippen MR) is 151 cm³/mol. The molecule has 6 nitrogen and oxygen atoms in total. The number of ketones is 2. The molecule has 1 saturated heterocycles. The fourth-order valence-corrected chi connectivity index (χ4v) is 7.27. The SMILES string of the molecule is CC1=CC(=O)C2=C(C[C@@H]3C(=CC[C@@H]4C(=O)N(c5ccc(Cl)cc5)C(=O)[C@@H]43)[C@@H]2c2c(O)ccc3ccccc23)C1=O. The van der Waals surface area contributed by atoms with Crippen LogP contribution in [-0.4, -0.2) is 28.5 Å². The lowest BCUT2D eigenvalue weighted by atomic mass is 9.59. The zero-order chi connectivity index (χ0) is 27.9. The molecule has 1 aliphatic heterocycles. The highest BCUT2D eigenvalue weighted by atomic mass is 35.5. The van der Waals surface area contributed by atoms with Crippen LogP contribution in [0.3, 0.4) is 0 Å². The van der Waals surface area contributed by atoms with Crippen molar-refractivity contribution in [1.29, 1.82) is 0 Å². The Balaban J connectivity index is 1.42. The highest BCUT2D eigenvalue weighted by molar-refractivity contribution is 6.31. The number of carbonyl (C=O) groups excluding carboxylic acids is 4. The highest BCUT2D eigenvalue weighted by Crippen LogP contribution is 2.57. The van der Waals surface area contributed by atoms with E-state index in [1.165, 1.54) is 11.0 Å². The van der Waals surface area contributed by atoms with E-state index < -0.39 is 23.7 Å². The Hall–Kier alpha value is -4.29. The van der Waals surface area contributed by atoms with Crippen LogP contribution in [0.5, 0.6) is 5.75 Å². The normalized spacial score (nSPS) is 26.0. The number of phenolic OH excluding ortho intramolecular Hbond substituents is 1. The van der Waals surface area contributed by atoms with E-state index in [0.717, 1.165) is 16.3 Å². The van der Waals surface area contributed by atoms with E-state index in [1.807, 2.05) is 36.4 Å². The number of aromatic hydroxyl groups is 1. The van der Waals surface area contributed by atoms with Crippen molar-refractivity contribution >= 4 is 51.4 Å². The van der Waals surface area contributed by atoms with E-state index in [9.17, 15) is 24.3 Å². The molecule has 0 saturated carbocycles. The standard InChI is InChI=1S/C33H24ClNO5/c1-16-14-26(37)29-24(31(16)38)15-23-21(30(29)28-20-5-3-2-4-17(20)6-13-25(28)36)11-12-22-27(23)33(40)35(32(22)39)19-9-7-18(34)8-10-19/h2-11,13-14,22-23,27,30,36H,12,15H2,1H3/t22-,23+,27-,30+/m0/s1. The van der Waals surface area contributed by atoms with E-state index in [0.29, 0.717) is 39.4 Å². The Morgan fingerprint density at radius 3 is 2.42 bits per heavy atom. The van der Waals surface area contributed by atoms with Gasteiger partial charge < -0.3 is 5.11 Å². The molecule has 3 aliphatic carbocycles. The van der Waals surface area contributed by atoms with Gasteiger partial charge >= 0.3 is 0 Å². The molecule has 1 N–H and O–H groups in total. The van der Waals surface area contributed by atoms with Gasteiger partial charge in [-0.05, 0) is 72.9 Å². The van der Waals surface area contributed by atoms with Gasteiger partial charge in [0, 0.05) is 33.2 Å². The molecule has 0 spiro atoms. The number of halogens is 1. The quantitative estimate of drug-likeness (QED) is 0.246. The molecule has 3 aromatic carbocycles. The zero-order valence-electron chi connectivity index (χ0n) is 21.6. The van der Waals surface area contributed by atoms with Crippen LogP contribution in [0.2, 0.25) is 5.02 Å². The minimum Gasteiger partial charge on any atom is -0.508 e. The van der Waals surface area contributed by atoms with Crippen LogP contribution in [0.15, 0.2) is 95.1 Å². The predicted octanol–water partition coefficient (Wildman–Crippen LogP) is 5.83. The number of hydrogen-bond donors (Lipinski definition) is 1. The van der Waals surface area contributed by atoms with E-state index >= 15 is 0 Å². The summed E-state index contributed by atoms with van der Waals surface area (Å²) in [7, 11) is 0. The Kier molecular flexibility index (Phi) is 5.48. The van der Waals surface area contributed by atoms with Crippen LogP contribution in [-0.2, 0) is 19.2 Å². The Morgan fingerprint density at radius 2 is 1.65 bits per heavy atom. The van der Waals surface area contributed by atoms with Gasteiger partial charge in [-0.2, -0.15) is 0 Å². The second-order valence-electron chi connectivity index (χ2n) is 10.9. The minimum absolute atomic E-state index is 0.0161. The fraction of sp³-hybridized carbons (Fsp3) is 0.212. The third kappa shape index (κ3) is 3.42. The largest absolute Gasteiger partial charge is 0.508 e. The van der Waals surface area contributed by atoms with Crippen molar-refractivity contribution in [3.8, 4) is 5.75 Å². The number of allylic oxidation sites excluding steroid dienone is 6. The van der Waals surface area contributed by atoms with Crippen molar-refractivity contribution in [1.82, 2.24) is 0 Å². The molecular formula is C33H24ClNO5. The molecule has 0 radical (unpaired) electrons. The van der Waals surface area contributed by atoms with Crippen molar-refractivity contribution in [2.24, 2.45) is 17.8 Å². The molecule has 1 heterocycles. The lowest BCUT2D eigenvalue weighted by Crippen LogP contribution is -2.39. The molecular weight excluding hydrogens is 526 g/mol. The van der Waals surface area contributed by atoms with Crippen LogP contribution >= 0.6 is 11.6 Å². The number of phenols is 1. The second kappa shape index (κ2) is 8.86. The van der Waals surface area contributed by atoms with Gasteiger partial charge in [-0.1, -0.05) is 53.6 Å². The molecule has 4 aliphatic rings. The summed E-state index contributed by atoms with van der Waals surface area (Å²) < 4.78 is 0. The molecule has 1 fully saturated rings. The van der Waals surface area contributed by atoms with Gasteiger partial charge in [-0.15, -0.1) is 0 Å². The first-order valence-electron chi connectivity index (χ1n) is 13.3. The third-order valence-corrected chi connectivity index (χ3v) is 9.14. The van der Waals surface area contributed by atoms with E-state index in [4.69, 9.17) is 11.6 Å². The average molecular weight is 550 g/mol. The van der Waals surface area contributed by atoms with E-state index in [2.05, 4.69) is 0 Å². The number of amides is 2. The monoisotopic (exact) mass is 549 g/mol. The van der Waals surface area contributed by atoms with Crippen molar-refractivity contribution in [3.63, 3.8) is 0 Å². The summed E-state index contributed by atoms with van der Waals surface area (Å²) in [6.45, 7) is 1.62. The second-order valence-corrected chi connectivity index (χ2v) is 11.4. The van der Waals surface area contributed by atoms with Gasteiger partial charge in [-0.25, -0.2) is 0 Å². The molecule has 198 valence electrons. The number of imide groups is 1. The number of benzene rings is 3. The minimum atomic E-state index is -0.714. The summed E-state index contributed by atoms with van der Waals surface area (Å²) in [5.74, 6) is -3.53. The van der Waals surface area contributed by atoms with Crippen LogP contribution in [0.25, 0.3) is 10.8 Å². The number of rotatable bonds is 2. The topological polar surface area (TPSA) is 91.8 Å². The van der Waals surface area contributed by atoms with Crippen molar-refractivity contribution in [3.05, 3.63) is 106 Å². The molecule has 40 heavy (non-hydrogen) atoms. The van der Waals surface area contributed by atoms with E-state index in [-0.39, 0.29) is 35.6 Å². The molecule has 0 aromatic heterocycles. The fourth-order valence-electron chi connectivity index (χ4n) is 7.15. The number of hydrogen-bond acceptors (Lipinski definition) is 5. The Morgan fingerprint density at radius 1 is 0.900 bits per heavy atom. The summed E-state index contributed by atoms with van der Waals surface area (Å²) in [4.78, 5) is 55.9. The van der Waals surface area contributed by atoms with Gasteiger partial charge in [0.2, 0.25) is 11.8 Å². The van der Waals surface area contributed by atoms with Gasteiger partial charge in [0.25, 0.3) is 0 Å². The summed E-state index contributed by atoms with van der Waals surface area (Å²) >= 11 is 6.05. The number of nitrogens with zero attached hydrogens (tertiary/aromatic N) is 1. The first-order valence-corrected chi connectivity index (χ1v) is 13.7. The summed E-state index contributed by atoms with van der Waals surface area (Å²) in [5.41, 5.74) is 2.88. The summed E-state index contributed by atoms with van der Waals surface area (Å²) in [6, 6.07) is 17.6. The van der Waals surface area contributed by atoms with E-state index in [1.54, 1.807) is 37.3 Å². The van der Waals surface area contributed by atoms with Crippen LogP contribution < -0.4 is 4.90 Å². The number of anilines is 1. The van der Waals surface area contributed by atoms with Gasteiger partial charge in [-0.3, -0.25) is 24.1 Å². The smallest absolute Gasteiger partial charge is 0.238 e. The van der Waals surface area contributed by atoms with Crippen molar-refractivity contribution < 1.29 is 24.3 Å². The number of carbonyl (C=O) groups is 4. The first-order chi connectivity index (χ1) is 19.3. The maximum atomic E-state index is 14.0. The van der Waals surface area contributed by atoms with Crippen LogP contribution in [0, 0.1) is 17.8 Å². The Bertz CT molecular complexity index is 1780. The molecule has 7 rings (SSSR count). The lowest BCUT2D eigenvalue weighted by Gasteiger charge is -2.42. The number of fused-ring (bicyclic) bond motifs is 4. The third-order valence-electron chi connectivity index (χ3n) is 8.88. The average Bonchev–Trinajstić information content (AvgIpc) is 3.21. The van der Waals surface area contributed by atoms with Gasteiger partial charge in [0.05, 0.1) is 17.5 Å². The number of Topliss-reactive ketones (excluding diaryl/α,β-unsaturated/α-hetero) is 1. The maximum absolute atomic E-state index is 14.0. The van der Waals surface area contributed by atoms with Gasteiger partial charge in [0.15, 0.2) is 11.6 Å². The van der Waals surface area contributed by atoms with Crippen LogP contribution in [0.4, 0.5) is 5.69 Å².